The first kappa shape index (κ1) is 12.8. The van der Waals surface area contributed by atoms with Gasteiger partial charge >= 0.3 is 0 Å². The van der Waals surface area contributed by atoms with E-state index in [0.29, 0.717) is 18.2 Å². The maximum Gasteiger partial charge on any atom is 0.253 e. The first-order valence-electron chi connectivity index (χ1n) is 6.08. The van der Waals surface area contributed by atoms with E-state index in [2.05, 4.69) is 5.32 Å². The maximum absolute atomic E-state index is 13.1. The highest BCUT2D eigenvalue weighted by Gasteiger charge is 2.16. The fraction of sp³-hybridized carbons (Fsp3) is 0.462. The molecule has 0 unspecified atom stereocenters. The molecule has 18 heavy (non-hydrogen) atoms. The molecule has 2 rings (SSSR count). The molecule has 1 amide bonds. The van der Waals surface area contributed by atoms with Crippen LogP contribution in [0.2, 0.25) is 0 Å². The Labute approximate surface area is 105 Å². The van der Waals surface area contributed by atoms with Gasteiger partial charge in [0.15, 0.2) is 0 Å². The number of nitrogen functional groups attached to an aromatic ring is 1. The van der Waals surface area contributed by atoms with Crippen molar-refractivity contribution in [3.05, 3.63) is 29.6 Å². The summed E-state index contributed by atoms with van der Waals surface area (Å²) in [5.74, 6) is -0.351. The zero-order valence-corrected chi connectivity index (χ0v) is 10.1. The molecule has 3 N–H and O–H groups in total. The maximum atomic E-state index is 13.1. The number of benzene rings is 1. The predicted octanol–water partition coefficient (Wildman–Crippen LogP) is 1.56. The van der Waals surface area contributed by atoms with Crippen LogP contribution in [0, 0.1) is 11.7 Å². The molecule has 5 heteroatoms. The van der Waals surface area contributed by atoms with Crippen LogP contribution in [0.3, 0.4) is 0 Å². The number of rotatable bonds is 3. The van der Waals surface area contributed by atoms with Gasteiger partial charge in [0.2, 0.25) is 0 Å². The molecule has 1 aromatic rings. The SMILES string of the molecule is Nc1ccc(F)cc1C(=O)NCC1CCOCC1. The van der Waals surface area contributed by atoms with Gasteiger partial charge in [-0.25, -0.2) is 4.39 Å². The van der Waals surface area contributed by atoms with Crippen LogP contribution in [0.5, 0.6) is 0 Å². The van der Waals surface area contributed by atoms with Gasteiger partial charge in [-0.15, -0.1) is 0 Å². The molecule has 0 saturated carbocycles. The second-order valence-electron chi connectivity index (χ2n) is 4.50. The summed E-state index contributed by atoms with van der Waals surface area (Å²) in [7, 11) is 0. The number of carbonyl (C=O) groups excluding carboxylic acids is 1. The topological polar surface area (TPSA) is 64.4 Å². The summed E-state index contributed by atoms with van der Waals surface area (Å²) in [6.07, 6.45) is 1.89. The highest BCUT2D eigenvalue weighted by Crippen LogP contribution is 2.15. The normalized spacial score (nSPS) is 16.5. The van der Waals surface area contributed by atoms with E-state index in [9.17, 15) is 9.18 Å². The third kappa shape index (κ3) is 3.20. The van der Waals surface area contributed by atoms with Crippen molar-refractivity contribution in [2.75, 3.05) is 25.5 Å². The largest absolute Gasteiger partial charge is 0.398 e. The molecule has 0 bridgehead atoms. The van der Waals surface area contributed by atoms with Crippen LogP contribution >= 0.6 is 0 Å². The van der Waals surface area contributed by atoms with Gasteiger partial charge < -0.3 is 15.8 Å². The van der Waals surface area contributed by atoms with Crippen molar-refractivity contribution in [1.82, 2.24) is 5.32 Å². The molecule has 4 nitrogen and oxygen atoms in total. The zero-order valence-electron chi connectivity index (χ0n) is 10.1. The van der Waals surface area contributed by atoms with Crippen LogP contribution in [0.25, 0.3) is 0 Å². The van der Waals surface area contributed by atoms with Gasteiger partial charge in [0, 0.05) is 25.4 Å². The van der Waals surface area contributed by atoms with Crippen LogP contribution in [0.15, 0.2) is 18.2 Å². The Hall–Kier alpha value is -1.62. The first-order chi connectivity index (χ1) is 8.66. The van der Waals surface area contributed by atoms with Crippen molar-refractivity contribution < 1.29 is 13.9 Å². The van der Waals surface area contributed by atoms with E-state index in [-0.39, 0.29) is 11.5 Å². The van der Waals surface area contributed by atoms with E-state index in [1.165, 1.54) is 12.1 Å². The zero-order chi connectivity index (χ0) is 13.0. The summed E-state index contributed by atoms with van der Waals surface area (Å²) in [6.45, 7) is 2.06. The minimum absolute atomic E-state index is 0.196. The molecule has 1 heterocycles. The molecule has 1 aliphatic heterocycles. The van der Waals surface area contributed by atoms with Crippen molar-refractivity contribution in [2.24, 2.45) is 5.92 Å². The van der Waals surface area contributed by atoms with E-state index in [4.69, 9.17) is 10.5 Å². The summed E-state index contributed by atoms with van der Waals surface area (Å²) in [5.41, 5.74) is 6.14. The van der Waals surface area contributed by atoms with E-state index in [0.717, 1.165) is 32.1 Å². The summed E-state index contributed by atoms with van der Waals surface area (Å²) < 4.78 is 18.3. The smallest absolute Gasteiger partial charge is 0.253 e. The molecular weight excluding hydrogens is 235 g/mol. The number of hydrogen-bond acceptors (Lipinski definition) is 3. The van der Waals surface area contributed by atoms with Gasteiger partial charge in [0.1, 0.15) is 5.82 Å². The van der Waals surface area contributed by atoms with E-state index in [1.807, 2.05) is 0 Å². The lowest BCUT2D eigenvalue weighted by molar-refractivity contribution is 0.0643. The Balaban J connectivity index is 1.92. The number of nitrogens with one attached hydrogen (secondary N) is 1. The molecular formula is C13H17FN2O2. The van der Waals surface area contributed by atoms with E-state index in [1.54, 1.807) is 0 Å². The van der Waals surface area contributed by atoms with Crippen LogP contribution < -0.4 is 11.1 Å². The predicted molar refractivity (Wildman–Crippen MR) is 66.7 cm³/mol. The van der Waals surface area contributed by atoms with Gasteiger partial charge in [0.25, 0.3) is 5.91 Å². The highest BCUT2D eigenvalue weighted by molar-refractivity contribution is 5.99. The number of hydrogen-bond donors (Lipinski definition) is 2. The molecule has 0 atom stereocenters. The number of anilines is 1. The minimum atomic E-state index is -0.458. The number of halogens is 1. The molecule has 98 valence electrons. The average molecular weight is 252 g/mol. The molecule has 1 aliphatic rings. The number of carbonyl (C=O) groups is 1. The Kier molecular flexibility index (Phi) is 4.15. The monoisotopic (exact) mass is 252 g/mol. The second kappa shape index (κ2) is 5.82. The molecule has 1 fully saturated rings. The van der Waals surface area contributed by atoms with E-state index < -0.39 is 5.82 Å². The van der Waals surface area contributed by atoms with Crippen molar-refractivity contribution in [3.63, 3.8) is 0 Å². The van der Waals surface area contributed by atoms with Gasteiger partial charge in [-0.3, -0.25) is 4.79 Å². The Morgan fingerprint density at radius 3 is 2.89 bits per heavy atom. The number of amides is 1. The fourth-order valence-corrected chi connectivity index (χ4v) is 2.01. The summed E-state index contributed by atoms with van der Waals surface area (Å²) in [4.78, 5) is 11.9. The summed E-state index contributed by atoms with van der Waals surface area (Å²) >= 11 is 0. The number of nitrogens with two attached hydrogens (primary N) is 1. The summed E-state index contributed by atoms with van der Waals surface area (Å²) in [6, 6.07) is 3.80. The fourth-order valence-electron chi connectivity index (χ4n) is 2.01. The van der Waals surface area contributed by atoms with Crippen LogP contribution in [0.4, 0.5) is 10.1 Å². The molecule has 0 aromatic heterocycles. The van der Waals surface area contributed by atoms with Crippen LogP contribution in [0.1, 0.15) is 23.2 Å². The van der Waals surface area contributed by atoms with Crippen molar-refractivity contribution in [3.8, 4) is 0 Å². The lowest BCUT2D eigenvalue weighted by atomic mass is 10.0. The lowest BCUT2D eigenvalue weighted by Gasteiger charge is -2.22. The van der Waals surface area contributed by atoms with Crippen molar-refractivity contribution >= 4 is 11.6 Å². The molecule has 1 saturated heterocycles. The third-order valence-electron chi connectivity index (χ3n) is 3.15. The third-order valence-corrected chi connectivity index (χ3v) is 3.15. The van der Waals surface area contributed by atoms with Crippen molar-refractivity contribution in [1.29, 1.82) is 0 Å². The van der Waals surface area contributed by atoms with Gasteiger partial charge in [-0.1, -0.05) is 0 Å². The highest BCUT2D eigenvalue weighted by atomic mass is 19.1. The van der Waals surface area contributed by atoms with Gasteiger partial charge in [-0.05, 0) is 37.0 Å². The molecule has 0 radical (unpaired) electrons. The standard InChI is InChI=1S/C13H17FN2O2/c14-10-1-2-12(15)11(7-10)13(17)16-8-9-3-5-18-6-4-9/h1-2,7,9H,3-6,8,15H2,(H,16,17). The molecule has 0 aliphatic carbocycles. The van der Waals surface area contributed by atoms with Crippen molar-refractivity contribution in [2.45, 2.75) is 12.8 Å². The van der Waals surface area contributed by atoms with Crippen LogP contribution in [-0.2, 0) is 4.74 Å². The number of ether oxygens (including phenoxy) is 1. The summed E-state index contributed by atoms with van der Waals surface area (Å²) in [5, 5.41) is 2.80. The average Bonchev–Trinajstić information content (AvgIpc) is 2.40. The molecule has 0 spiro atoms. The van der Waals surface area contributed by atoms with E-state index >= 15 is 0 Å². The Morgan fingerprint density at radius 1 is 1.44 bits per heavy atom. The Bertz CT molecular complexity index is 431. The first-order valence-corrected chi connectivity index (χ1v) is 6.08. The Morgan fingerprint density at radius 2 is 2.17 bits per heavy atom. The van der Waals surface area contributed by atoms with Gasteiger partial charge in [-0.2, -0.15) is 0 Å². The van der Waals surface area contributed by atoms with Gasteiger partial charge in [0.05, 0.1) is 5.56 Å². The second-order valence-corrected chi connectivity index (χ2v) is 4.50. The minimum Gasteiger partial charge on any atom is -0.398 e. The van der Waals surface area contributed by atoms with Crippen LogP contribution in [-0.4, -0.2) is 25.7 Å². The quantitative estimate of drug-likeness (QED) is 0.802. The lowest BCUT2D eigenvalue weighted by Crippen LogP contribution is -2.32. The molecule has 1 aromatic carbocycles.